The summed E-state index contributed by atoms with van der Waals surface area (Å²) >= 11 is 0. The SMILES string of the molecule is COc1ccc2nc(-c3ccc(OC)c(OC)c3)cc(C(=O)N[C@@H](CO)Cc3c[nH]c4ccccc34)c2c1. The highest BCUT2D eigenvalue weighted by atomic mass is 16.5. The van der Waals surface area contributed by atoms with Crippen LogP contribution in [0, 0.1) is 0 Å². The van der Waals surface area contributed by atoms with E-state index < -0.39 is 6.04 Å². The van der Waals surface area contributed by atoms with Crippen LogP contribution < -0.4 is 19.5 Å². The molecule has 8 heteroatoms. The minimum Gasteiger partial charge on any atom is -0.497 e. The third-order valence-electron chi connectivity index (χ3n) is 6.64. The van der Waals surface area contributed by atoms with Gasteiger partial charge in [0.2, 0.25) is 0 Å². The lowest BCUT2D eigenvalue weighted by atomic mass is 10.0. The number of carbonyl (C=O) groups is 1. The van der Waals surface area contributed by atoms with E-state index >= 15 is 0 Å². The van der Waals surface area contributed by atoms with Crippen LogP contribution in [0.2, 0.25) is 0 Å². The zero-order valence-corrected chi connectivity index (χ0v) is 21.4. The molecule has 3 aromatic carbocycles. The van der Waals surface area contributed by atoms with Gasteiger partial charge in [-0.05, 0) is 60.5 Å². The Balaban J connectivity index is 1.52. The average Bonchev–Trinajstić information content (AvgIpc) is 3.37. The Morgan fingerprint density at radius 2 is 1.76 bits per heavy atom. The number of aromatic nitrogens is 2. The van der Waals surface area contributed by atoms with Gasteiger partial charge in [0.25, 0.3) is 5.91 Å². The van der Waals surface area contributed by atoms with Crippen molar-refractivity contribution in [2.24, 2.45) is 0 Å². The first kappa shape index (κ1) is 25.1. The summed E-state index contributed by atoms with van der Waals surface area (Å²) in [7, 11) is 4.73. The van der Waals surface area contributed by atoms with E-state index in [0.29, 0.717) is 45.8 Å². The van der Waals surface area contributed by atoms with Gasteiger partial charge in [0.15, 0.2) is 11.5 Å². The number of benzene rings is 3. The van der Waals surface area contributed by atoms with Gasteiger partial charge in [-0.25, -0.2) is 4.98 Å². The highest BCUT2D eigenvalue weighted by Gasteiger charge is 2.20. The topological polar surface area (TPSA) is 106 Å². The first-order chi connectivity index (χ1) is 18.5. The number of pyridine rings is 1. The highest BCUT2D eigenvalue weighted by Crippen LogP contribution is 2.34. The molecule has 5 rings (SSSR count). The van der Waals surface area contributed by atoms with Crippen molar-refractivity contribution in [1.29, 1.82) is 0 Å². The number of H-pyrrole nitrogens is 1. The van der Waals surface area contributed by atoms with Crippen molar-refractivity contribution < 1.29 is 24.1 Å². The minimum absolute atomic E-state index is 0.208. The van der Waals surface area contributed by atoms with Crippen LogP contribution in [0.5, 0.6) is 17.2 Å². The molecule has 0 aliphatic carbocycles. The first-order valence-corrected chi connectivity index (χ1v) is 12.2. The fourth-order valence-corrected chi connectivity index (χ4v) is 4.65. The molecule has 0 saturated heterocycles. The molecule has 5 aromatic rings. The number of nitrogens with one attached hydrogen (secondary N) is 2. The molecule has 1 amide bonds. The second kappa shape index (κ2) is 10.8. The molecule has 0 aliphatic rings. The van der Waals surface area contributed by atoms with Gasteiger partial charge in [-0.3, -0.25) is 4.79 Å². The molecule has 194 valence electrons. The zero-order chi connectivity index (χ0) is 26.6. The van der Waals surface area contributed by atoms with E-state index in [9.17, 15) is 9.90 Å². The van der Waals surface area contributed by atoms with Crippen molar-refractivity contribution in [3.8, 4) is 28.5 Å². The predicted molar refractivity (Wildman–Crippen MR) is 147 cm³/mol. The number of hydrogen-bond donors (Lipinski definition) is 3. The summed E-state index contributed by atoms with van der Waals surface area (Å²) in [5.74, 6) is 1.46. The highest BCUT2D eigenvalue weighted by molar-refractivity contribution is 6.07. The van der Waals surface area contributed by atoms with Crippen molar-refractivity contribution in [1.82, 2.24) is 15.3 Å². The number of aliphatic hydroxyl groups excluding tert-OH is 1. The number of rotatable bonds is 9. The van der Waals surface area contributed by atoms with E-state index in [4.69, 9.17) is 19.2 Å². The fraction of sp³-hybridized carbons (Fsp3) is 0.200. The van der Waals surface area contributed by atoms with Crippen LogP contribution in [0.25, 0.3) is 33.1 Å². The van der Waals surface area contributed by atoms with Crippen LogP contribution >= 0.6 is 0 Å². The second-order valence-corrected chi connectivity index (χ2v) is 8.92. The smallest absolute Gasteiger partial charge is 0.252 e. The number of methoxy groups -OCH3 is 3. The van der Waals surface area contributed by atoms with Gasteiger partial charge in [0.1, 0.15) is 5.75 Å². The summed E-state index contributed by atoms with van der Waals surface area (Å²) in [5, 5.41) is 14.9. The minimum atomic E-state index is -0.486. The summed E-state index contributed by atoms with van der Waals surface area (Å²) < 4.78 is 16.2. The molecule has 3 N–H and O–H groups in total. The molecule has 1 atom stereocenters. The van der Waals surface area contributed by atoms with Crippen LogP contribution in [0.4, 0.5) is 0 Å². The van der Waals surface area contributed by atoms with Gasteiger partial charge < -0.3 is 29.6 Å². The van der Waals surface area contributed by atoms with Gasteiger partial charge in [0.05, 0.1) is 50.8 Å². The Hall–Kier alpha value is -4.56. The summed E-state index contributed by atoms with van der Waals surface area (Å²) in [5.41, 5.74) is 4.47. The molecule has 0 spiro atoms. The molecule has 0 radical (unpaired) electrons. The molecular weight excluding hydrogens is 482 g/mol. The standard InChI is InChI=1S/C30H29N3O5/c1-36-21-9-10-26-23(14-21)24(15-27(33-26)18-8-11-28(37-2)29(13-18)38-3)30(35)32-20(17-34)12-19-16-31-25-7-5-4-6-22(19)25/h4-11,13-16,20,31,34H,12,17H2,1-3H3,(H,32,35)/t20-/m1/s1. The molecule has 0 fully saturated rings. The van der Waals surface area contributed by atoms with Gasteiger partial charge in [-0.15, -0.1) is 0 Å². The number of hydrogen-bond acceptors (Lipinski definition) is 6. The van der Waals surface area contributed by atoms with E-state index in [2.05, 4.69) is 10.3 Å². The Morgan fingerprint density at radius 1 is 0.947 bits per heavy atom. The lowest BCUT2D eigenvalue weighted by molar-refractivity contribution is 0.0918. The predicted octanol–water partition coefficient (Wildman–Crippen LogP) is 4.74. The zero-order valence-electron chi connectivity index (χ0n) is 21.4. The summed E-state index contributed by atoms with van der Waals surface area (Å²) in [4.78, 5) is 21.7. The molecule has 0 aliphatic heterocycles. The molecule has 8 nitrogen and oxygen atoms in total. The Kier molecular flexibility index (Phi) is 7.15. The molecule has 2 heterocycles. The number of carbonyl (C=O) groups excluding carboxylic acids is 1. The number of nitrogens with zero attached hydrogens (tertiary/aromatic N) is 1. The summed E-state index contributed by atoms with van der Waals surface area (Å²) in [6.07, 6.45) is 2.39. The number of para-hydroxylation sites is 1. The molecular formula is C30H29N3O5. The van der Waals surface area contributed by atoms with Gasteiger partial charge >= 0.3 is 0 Å². The summed E-state index contributed by atoms with van der Waals surface area (Å²) in [6, 6.07) is 20.1. The third kappa shape index (κ3) is 4.86. The van der Waals surface area contributed by atoms with Crippen LogP contribution in [0.3, 0.4) is 0 Å². The Bertz CT molecular complexity index is 1610. The lowest BCUT2D eigenvalue weighted by Crippen LogP contribution is -2.39. The summed E-state index contributed by atoms with van der Waals surface area (Å²) in [6.45, 7) is -0.208. The fourth-order valence-electron chi connectivity index (χ4n) is 4.65. The van der Waals surface area contributed by atoms with Crippen molar-refractivity contribution >= 4 is 27.7 Å². The van der Waals surface area contributed by atoms with Crippen LogP contribution in [-0.4, -0.2) is 55.0 Å². The molecule has 0 saturated carbocycles. The molecule has 38 heavy (non-hydrogen) atoms. The second-order valence-electron chi connectivity index (χ2n) is 8.92. The number of aromatic amines is 1. The van der Waals surface area contributed by atoms with Crippen molar-refractivity contribution in [2.75, 3.05) is 27.9 Å². The van der Waals surface area contributed by atoms with E-state index in [1.54, 1.807) is 39.5 Å². The van der Waals surface area contributed by atoms with Crippen LogP contribution in [0.1, 0.15) is 15.9 Å². The van der Waals surface area contributed by atoms with Crippen LogP contribution in [-0.2, 0) is 6.42 Å². The quantitative estimate of drug-likeness (QED) is 0.264. The molecule has 0 bridgehead atoms. The monoisotopic (exact) mass is 511 g/mol. The largest absolute Gasteiger partial charge is 0.497 e. The average molecular weight is 512 g/mol. The van der Waals surface area contributed by atoms with Crippen molar-refractivity contribution in [3.05, 3.63) is 84.1 Å². The van der Waals surface area contributed by atoms with Gasteiger partial charge in [-0.1, -0.05) is 18.2 Å². The molecule has 0 unspecified atom stereocenters. The Labute approximate surface area is 220 Å². The van der Waals surface area contributed by atoms with E-state index in [1.807, 2.05) is 54.7 Å². The van der Waals surface area contributed by atoms with Crippen molar-refractivity contribution in [2.45, 2.75) is 12.5 Å². The maximum Gasteiger partial charge on any atom is 0.252 e. The van der Waals surface area contributed by atoms with E-state index in [0.717, 1.165) is 22.0 Å². The number of amides is 1. The lowest BCUT2D eigenvalue weighted by Gasteiger charge is -2.18. The van der Waals surface area contributed by atoms with Gasteiger partial charge in [-0.2, -0.15) is 0 Å². The normalized spacial score (nSPS) is 11.9. The van der Waals surface area contributed by atoms with Gasteiger partial charge in [0, 0.05) is 28.0 Å². The van der Waals surface area contributed by atoms with E-state index in [1.165, 1.54) is 0 Å². The molecule has 2 aromatic heterocycles. The Morgan fingerprint density at radius 3 is 2.53 bits per heavy atom. The maximum atomic E-state index is 13.7. The number of ether oxygens (including phenoxy) is 3. The third-order valence-corrected chi connectivity index (χ3v) is 6.64. The number of aliphatic hydroxyl groups is 1. The maximum absolute atomic E-state index is 13.7. The van der Waals surface area contributed by atoms with Crippen LogP contribution in [0.15, 0.2) is 72.9 Å². The first-order valence-electron chi connectivity index (χ1n) is 12.2. The van der Waals surface area contributed by atoms with Crippen molar-refractivity contribution in [3.63, 3.8) is 0 Å². The number of fused-ring (bicyclic) bond motifs is 2. The van der Waals surface area contributed by atoms with E-state index in [-0.39, 0.29) is 12.5 Å².